The van der Waals surface area contributed by atoms with Gasteiger partial charge in [0.15, 0.2) is 11.5 Å². The zero-order valence-electron chi connectivity index (χ0n) is 32.4. The number of rotatable bonds is 16. The number of benzene rings is 4. The van der Waals surface area contributed by atoms with Gasteiger partial charge in [-0.2, -0.15) is 0 Å². The Bertz CT molecular complexity index is 1690. The van der Waals surface area contributed by atoms with E-state index < -0.39 is 0 Å². The van der Waals surface area contributed by atoms with Crippen LogP contribution in [0.3, 0.4) is 0 Å². The highest BCUT2D eigenvalue weighted by Gasteiger charge is 2.42. The zero-order chi connectivity index (χ0) is 36.4. The minimum atomic E-state index is -0.131. The number of halogens is 1. The molecular formula is C46H60ClN3O3. The van der Waals surface area contributed by atoms with E-state index in [4.69, 9.17) is 9.47 Å². The number of ether oxygens (including phenoxy) is 2. The Morgan fingerprint density at radius 3 is 2.06 bits per heavy atom. The van der Waals surface area contributed by atoms with Gasteiger partial charge >= 0.3 is 0 Å². The van der Waals surface area contributed by atoms with E-state index in [0.29, 0.717) is 13.0 Å². The predicted octanol–water partition coefficient (Wildman–Crippen LogP) is 9.20. The van der Waals surface area contributed by atoms with E-state index in [1.807, 2.05) is 14.1 Å². The van der Waals surface area contributed by atoms with Gasteiger partial charge < -0.3 is 19.7 Å². The Morgan fingerprint density at radius 1 is 0.811 bits per heavy atom. The fraction of sp³-hybridized carbons (Fsp3) is 0.457. The van der Waals surface area contributed by atoms with Crippen molar-refractivity contribution >= 4 is 24.0 Å². The number of piperidine rings is 1. The fourth-order valence-electron chi connectivity index (χ4n) is 9.04. The smallest absolute Gasteiger partial charge is 0.220 e. The molecule has 4 aromatic carbocycles. The molecule has 1 heterocycles. The first kappa shape index (κ1) is 40.2. The number of hydrogen-bond donors (Lipinski definition) is 1. The molecule has 1 aliphatic heterocycles. The normalized spacial score (nSPS) is 17.1. The lowest BCUT2D eigenvalue weighted by molar-refractivity contribution is -0.121. The van der Waals surface area contributed by atoms with E-state index in [1.54, 1.807) is 14.2 Å². The van der Waals surface area contributed by atoms with E-state index in [9.17, 15) is 4.79 Å². The number of anilines is 1. The van der Waals surface area contributed by atoms with Gasteiger partial charge in [-0.25, -0.2) is 0 Å². The number of fused-ring (bicyclic) bond motifs is 1. The van der Waals surface area contributed by atoms with Crippen LogP contribution in [0, 0.1) is 0 Å². The van der Waals surface area contributed by atoms with Gasteiger partial charge in [-0.1, -0.05) is 79.2 Å². The van der Waals surface area contributed by atoms with Gasteiger partial charge in [-0.15, -0.1) is 12.4 Å². The number of nitrogens with zero attached hydrogens (tertiary/aromatic N) is 2. The molecule has 284 valence electrons. The minimum Gasteiger partial charge on any atom is -0.493 e. The van der Waals surface area contributed by atoms with Crippen LogP contribution >= 0.6 is 12.4 Å². The van der Waals surface area contributed by atoms with Crippen molar-refractivity contribution in [3.05, 3.63) is 125 Å². The Labute approximate surface area is 324 Å². The number of amides is 1. The summed E-state index contributed by atoms with van der Waals surface area (Å²) in [5.41, 5.74) is 8.00. The summed E-state index contributed by atoms with van der Waals surface area (Å²) in [7, 11) is 7.56. The molecule has 1 aliphatic carbocycles. The van der Waals surface area contributed by atoms with Gasteiger partial charge in [0, 0.05) is 43.7 Å². The molecule has 6 rings (SSSR count). The number of methoxy groups -OCH3 is 2. The monoisotopic (exact) mass is 737 g/mol. The Hall–Kier alpha value is -4.00. The van der Waals surface area contributed by atoms with Crippen molar-refractivity contribution in [2.75, 3.05) is 52.8 Å². The topological polar surface area (TPSA) is 54.0 Å². The standard InChI is InChI=1S/C46H59N3O3.ClH/c1-48(2)41-22-19-36(20-23-41)21-24-44(50)47-30-13-27-46(39-15-7-5-8-16-39,40-17-9-6-10-18-40)28-14-32-49-31-12-11-26-45(49)29-25-37-33-42(51-3)43(52-4)34-38(37)35-45;/h5-10,15-20,22-23,33-34H,11-14,21,24-32,35H2,1-4H3,(H,47,50);1H. The first-order chi connectivity index (χ1) is 25.4. The quantitative estimate of drug-likeness (QED) is 0.116. The second-order valence-electron chi connectivity index (χ2n) is 15.3. The lowest BCUT2D eigenvalue weighted by Gasteiger charge is -2.50. The molecule has 1 spiro atoms. The first-order valence-corrected chi connectivity index (χ1v) is 19.5. The molecule has 53 heavy (non-hydrogen) atoms. The van der Waals surface area contributed by atoms with Crippen LogP contribution in [-0.4, -0.2) is 64.3 Å². The van der Waals surface area contributed by atoms with Crippen molar-refractivity contribution in [1.82, 2.24) is 10.2 Å². The average Bonchev–Trinajstić information content (AvgIpc) is 3.19. The number of nitrogens with one attached hydrogen (secondary N) is 1. The Balaban J connectivity index is 0.00000541. The molecule has 7 heteroatoms. The summed E-state index contributed by atoms with van der Waals surface area (Å²) in [6.45, 7) is 2.94. The van der Waals surface area contributed by atoms with Crippen LogP contribution < -0.4 is 19.7 Å². The zero-order valence-corrected chi connectivity index (χ0v) is 33.2. The molecule has 1 N–H and O–H groups in total. The third-order valence-electron chi connectivity index (χ3n) is 12.0. The number of aryl methyl sites for hydroxylation is 2. The molecule has 1 amide bonds. The third-order valence-corrected chi connectivity index (χ3v) is 12.0. The molecule has 6 nitrogen and oxygen atoms in total. The fourth-order valence-corrected chi connectivity index (χ4v) is 9.04. The lowest BCUT2D eigenvalue weighted by atomic mass is 9.68. The molecule has 1 atom stereocenters. The average molecular weight is 738 g/mol. The van der Waals surface area contributed by atoms with Gasteiger partial charge in [-0.3, -0.25) is 9.69 Å². The molecule has 0 aromatic heterocycles. The molecule has 0 bridgehead atoms. The summed E-state index contributed by atoms with van der Waals surface area (Å²) in [5, 5.41) is 3.26. The van der Waals surface area contributed by atoms with Crippen LogP contribution in [0.1, 0.15) is 85.6 Å². The summed E-state index contributed by atoms with van der Waals surface area (Å²) in [6, 6.07) is 35.2. The molecule has 1 unspecified atom stereocenters. The summed E-state index contributed by atoms with van der Waals surface area (Å²) < 4.78 is 11.4. The highest BCUT2D eigenvalue weighted by molar-refractivity contribution is 5.85. The predicted molar refractivity (Wildman–Crippen MR) is 221 cm³/mol. The van der Waals surface area contributed by atoms with Crippen LogP contribution in [0.5, 0.6) is 11.5 Å². The van der Waals surface area contributed by atoms with E-state index in [1.165, 1.54) is 59.2 Å². The van der Waals surface area contributed by atoms with E-state index >= 15 is 0 Å². The molecule has 4 aromatic rings. The molecule has 0 radical (unpaired) electrons. The van der Waals surface area contributed by atoms with Crippen molar-refractivity contribution in [3.8, 4) is 11.5 Å². The van der Waals surface area contributed by atoms with Gasteiger partial charge in [0.25, 0.3) is 0 Å². The third kappa shape index (κ3) is 9.57. The van der Waals surface area contributed by atoms with Crippen LogP contribution in [0.2, 0.25) is 0 Å². The maximum atomic E-state index is 13.0. The minimum absolute atomic E-state index is 0. The van der Waals surface area contributed by atoms with E-state index in [-0.39, 0.29) is 29.3 Å². The number of carbonyl (C=O) groups excluding carboxylic acids is 1. The Morgan fingerprint density at radius 2 is 1.43 bits per heavy atom. The first-order valence-electron chi connectivity index (χ1n) is 19.5. The maximum Gasteiger partial charge on any atom is 0.220 e. The number of carbonyl (C=O) groups is 1. The van der Waals surface area contributed by atoms with E-state index in [2.05, 4.69) is 112 Å². The van der Waals surface area contributed by atoms with Crippen LogP contribution in [0.4, 0.5) is 5.69 Å². The van der Waals surface area contributed by atoms with Crippen molar-refractivity contribution in [2.24, 2.45) is 0 Å². The highest BCUT2D eigenvalue weighted by atomic mass is 35.5. The largest absolute Gasteiger partial charge is 0.493 e. The second-order valence-corrected chi connectivity index (χ2v) is 15.3. The number of likely N-dealkylation sites (tertiary alicyclic amines) is 1. The van der Waals surface area contributed by atoms with Crippen molar-refractivity contribution < 1.29 is 14.3 Å². The van der Waals surface area contributed by atoms with Crippen LogP contribution in [0.25, 0.3) is 0 Å². The molecule has 2 aliphatic rings. The van der Waals surface area contributed by atoms with Crippen molar-refractivity contribution in [3.63, 3.8) is 0 Å². The van der Waals surface area contributed by atoms with Crippen molar-refractivity contribution in [2.45, 2.75) is 88.0 Å². The molecular weight excluding hydrogens is 678 g/mol. The van der Waals surface area contributed by atoms with Gasteiger partial charge in [0.05, 0.1) is 14.2 Å². The van der Waals surface area contributed by atoms with Crippen LogP contribution in [-0.2, 0) is 29.5 Å². The van der Waals surface area contributed by atoms with Gasteiger partial charge in [0.2, 0.25) is 5.91 Å². The highest BCUT2D eigenvalue weighted by Crippen LogP contribution is 2.45. The summed E-state index contributed by atoms with van der Waals surface area (Å²) >= 11 is 0. The van der Waals surface area contributed by atoms with Gasteiger partial charge in [0.1, 0.15) is 0 Å². The van der Waals surface area contributed by atoms with E-state index in [0.717, 1.165) is 69.5 Å². The summed E-state index contributed by atoms with van der Waals surface area (Å²) in [5.74, 6) is 1.80. The van der Waals surface area contributed by atoms with Gasteiger partial charge in [-0.05, 0) is 129 Å². The number of hydrogen-bond acceptors (Lipinski definition) is 5. The lowest BCUT2D eigenvalue weighted by Crippen LogP contribution is -2.55. The Kier molecular flexibility index (Phi) is 14.3. The summed E-state index contributed by atoms with van der Waals surface area (Å²) in [4.78, 5) is 17.9. The SMILES string of the molecule is COc1cc2c(cc1OC)CC1(CCCCN1CCCC(CCCNC(=O)CCc1ccc(N(C)C)cc1)(c1ccccc1)c1ccccc1)CC2.Cl. The molecule has 0 saturated carbocycles. The second kappa shape index (κ2) is 18.9. The maximum absolute atomic E-state index is 13.0. The van der Waals surface area contributed by atoms with Crippen LogP contribution in [0.15, 0.2) is 97.1 Å². The molecule has 1 saturated heterocycles. The summed E-state index contributed by atoms with van der Waals surface area (Å²) in [6.07, 6.45) is 12.5. The molecule has 1 fully saturated rings. The van der Waals surface area contributed by atoms with Crippen molar-refractivity contribution in [1.29, 1.82) is 0 Å².